The van der Waals surface area contributed by atoms with Crippen LogP contribution in [0.5, 0.6) is 0 Å². The first-order valence-corrected chi connectivity index (χ1v) is 6.87. The summed E-state index contributed by atoms with van der Waals surface area (Å²) in [5, 5.41) is 2.98. The first-order valence-electron chi connectivity index (χ1n) is 6.87. The second-order valence-corrected chi connectivity index (χ2v) is 5.16. The van der Waals surface area contributed by atoms with Crippen LogP contribution in [0.25, 0.3) is 0 Å². The lowest BCUT2D eigenvalue weighted by Crippen LogP contribution is -2.41. The van der Waals surface area contributed by atoms with E-state index >= 15 is 0 Å². The smallest absolute Gasteiger partial charge is 0.224 e. The van der Waals surface area contributed by atoms with Crippen LogP contribution in [0, 0.1) is 11.8 Å². The van der Waals surface area contributed by atoms with Crippen LogP contribution in [0.3, 0.4) is 0 Å². The zero-order valence-corrected chi connectivity index (χ0v) is 11.2. The first-order chi connectivity index (χ1) is 8.17. The van der Waals surface area contributed by atoms with Crippen molar-refractivity contribution in [3.8, 4) is 0 Å². The Balaban J connectivity index is 2.13. The molecule has 0 aromatic rings. The van der Waals surface area contributed by atoms with E-state index in [1.165, 1.54) is 25.9 Å². The summed E-state index contributed by atoms with van der Waals surface area (Å²) < 4.78 is 0. The topological polar surface area (TPSA) is 58.4 Å². The Labute approximate surface area is 105 Å². The second kappa shape index (κ2) is 7.67. The van der Waals surface area contributed by atoms with Gasteiger partial charge in [-0.05, 0) is 38.3 Å². The zero-order chi connectivity index (χ0) is 12.7. The molecule has 1 aliphatic heterocycles. The van der Waals surface area contributed by atoms with Gasteiger partial charge in [0.15, 0.2) is 0 Å². The lowest BCUT2D eigenvalue weighted by atomic mass is 9.99. The zero-order valence-electron chi connectivity index (χ0n) is 11.2. The fourth-order valence-electron chi connectivity index (χ4n) is 2.23. The van der Waals surface area contributed by atoms with Crippen LogP contribution in [-0.4, -0.2) is 43.5 Å². The van der Waals surface area contributed by atoms with Crippen molar-refractivity contribution in [3.05, 3.63) is 0 Å². The molecule has 1 unspecified atom stereocenters. The molecule has 0 spiro atoms. The first kappa shape index (κ1) is 14.5. The van der Waals surface area contributed by atoms with E-state index in [1.54, 1.807) is 0 Å². The van der Waals surface area contributed by atoms with Crippen LogP contribution in [-0.2, 0) is 4.79 Å². The highest BCUT2D eigenvalue weighted by molar-refractivity contribution is 5.78. The van der Waals surface area contributed by atoms with Gasteiger partial charge in [0, 0.05) is 25.6 Å². The van der Waals surface area contributed by atoms with Crippen molar-refractivity contribution in [2.75, 3.05) is 32.7 Å². The average molecular weight is 241 g/mol. The lowest BCUT2D eigenvalue weighted by molar-refractivity contribution is -0.124. The normalized spacial score (nSPS) is 20.2. The van der Waals surface area contributed by atoms with Gasteiger partial charge in [-0.2, -0.15) is 0 Å². The lowest BCUT2D eigenvalue weighted by Gasteiger charge is -2.30. The van der Waals surface area contributed by atoms with Gasteiger partial charge in [-0.1, -0.05) is 13.8 Å². The molecule has 0 saturated carbocycles. The molecule has 1 saturated heterocycles. The summed E-state index contributed by atoms with van der Waals surface area (Å²) in [6.07, 6.45) is 3.40. The highest BCUT2D eigenvalue weighted by atomic mass is 16.1. The van der Waals surface area contributed by atoms with Crippen molar-refractivity contribution in [3.63, 3.8) is 0 Å². The quantitative estimate of drug-likeness (QED) is 0.724. The maximum Gasteiger partial charge on any atom is 0.224 e. The van der Waals surface area contributed by atoms with Crippen LogP contribution < -0.4 is 11.1 Å². The van der Waals surface area contributed by atoms with Gasteiger partial charge in [-0.25, -0.2) is 0 Å². The van der Waals surface area contributed by atoms with E-state index in [9.17, 15) is 4.79 Å². The Bertz CT molecular complexity index is 221. The van der Waals surface area contributed by atoms with Gasteiger partial charge in [-0.3, -0.25) is 4.79 Å². The van der Waals surface area contributed by atoms with Crippen LogP contribution in [0.4, 0.5) is 0 Å². The van der Waals surface area contributed by atoms with E-state index < -0.39 is 0 Å². The molecule has 1 rings (SSSR count). The van der Waals surface area contributed by atoms with Gasteiger partial charge in [0.2, 0.25) is 5.91 Å². The molecule has 1 heterocycles. The van der Waals surface area contributed by atoms with Crippen molar-refractivity contribution < 1.29 is 4.79 Å². The maximum absolute atomic E-state index is 11.7. The minimum absolute atomic E-state index is 0.0172. The van der Waals surface area contributed by atoms with Gasteiger partial charge in [-0.15, -0.1) is 0 Å². The summed E-state index contributed by atoms with van der Waals surface area (Å²) in [7, 11) is 0. The Hall–Kier alpha value is -0.610. The number of hydrogen-bond acceptors (Lipinski definition) is 3. The number of nitrogens with one attached hydrogen (secondary N) is 1. The summed E-state index contributed by atoms with van der Waals surface area (Å²) >= 11 is 0. The third-order valence-corrected chi connectivity index (χ3v) is 3.75. The van der Waals surface area contributed by atoms with Crippen molar-refractivity contribution in [1.82, 2.24) is 10.2 Å². The molecule has 0 aromatic carbocycles. The molecule has 1 atom stereocenters. The summed E-state index contributed by atoms with van der Waals surface area (Å²) in [5.41, 5.74) is 5.54. The number of piperidine rings is 1. The van der Waals surface area contributed by atoms with Crippen LogP contribution in [0.15, 0.2) is 0 Å². The minimum Gasteiger partial charge on any atom is -0.355 e. The van der Waals surface area contributed by atoms with Gasteiger partial charge in [0.1, 0.15) is 0 Å². The molecule has 100 valence electrons. The molecule has 1 amide bonds. The van der Waals surface area contributed by atoms with Crippen molar-refractivity contribution in [1.29, 1.82) is 0 Å². The number of carbonyl (C=O) groups excluding carboxylic acids is 1. The van der Waals surface area contributed by atoms with Crippen molar-refractivity contribution in [2.45, 2.75) is 33.1 Å². The highest BCUT2D eigenvalue weighted by Gasteiger charge is 2.17. The van der Waals surface area contributed by atoms with Gasteiger partial charge in [0.25, 0.3) is 0 Å². The third kappa shape index (κ3) is 5.04. The van der Waals surface area contributed by atoms with E-state index in [2.05, 4.69) is 17.1 Å². The van der Waals surface area contributed by atoms with E-state index in [0.717, 1.165) is 25.4 Å². The second-order valence-electron chi connectivity index (χ2n) is 5.16. The summed E-state index contributed by atoms with van der Waals surface area (Å²) in [4.78, 5) is 14.1. The van der Waals surface area contributed by atoms with Crippen LogP contribution in [0.1, 0.15) is 33.1 Å². The van der Waals surface area contributed by atoms with Crippen LogP contribution in [0.2, 0.25) is 0 Å². The van der Waals surface area contributed by atoms with Crippen molar-refractivity contribution >= 4 is 5.91 Å². The van der Waals surface area contributed by atoms with Crippen LogP contribution >= 0.6 is 0 Å². The molecule has 0 aliphatic carbocycles. The number of hydrogen-bond donors (Lipinski definition) is 2. The number of nitrogens with zero attached hydrogens (tertiary/aromatic N) is 1. The third-order valence-electron chi connectivity index (χ3n) is 3.75. The molecule has 0 bridgehead atoms. The number of rotatable bonds is 6. The largest absolute Gasteiger partial charge is 0.355 e. The predicted octanol–water partition coefficient (Wildman–Crippen LogP) is 0.819. The molecular weight excluding hydrogens is 214 g/mol. The monoisotopic (exact) mass is 241 g/mol. The molecule has 17 heavy (non-hydrogen) atoms. The SMILES string of the molecule is CCC(CN)C(=O)NCCN1CCC(C)CC1. The standard InChI is InChI=1S/C13H27N3O/c1-3-12(10-14)13(17)15-6-9-16-7-4-11(2)5-8-16/h11-12H,3-10,14H2,1-2H3,(H,15,17). The Morgan fingerprint density at radius 2 is 2.12 bits per heavy atom. The number of amides is 1. The van der Waals surface area contributed by atoms with Gasteiger partial charge in [0.05, 0.1) is 0 Å². The molecule has 4 nitrogen and oxygen atoms in total. The molecule has 4 heteroatoms. The van der Waals surface area contributed by atoms with E-state index in [-0.39, 0.29) is 11.8 Å². The minimum atomic E-state index is -0.0172. The van der Waals surface area contributed by atoms with E-state index in [4.69, 9.17) is 5.73 Å². The molecule has 3 N–H and O–H groups in total. The van der Waals surface area contributed by atoms with Gasteiger partial charge >= 0.3 is 0 Å². The Morgan fingerprint density at radius 1 is 1.47 bits per heavy atom. The Kier molecular flexibility index (Phi) is 6.52. The van der Waals surface area contributed by atoms with Gasteiger partial charge < -0.3 is 16.0 Å². The summed E-state index contributed by atoms with van der Waals surface area (Å²) in [6, 6.07) is 0. The summed E-state index contributed by atoms with van der Waals surface area (Å²) in [5.74, 6) is 0.958. The fourth-order valence-corrected chi connectivity index (χ4v) is 2.23. The molecule has 0 aromatic heterocycles. The molecule has 0 radical (unpaired) electrons. The molecular formula is C13H27N3O. The van der Waals surface area contributed by atoms with E-state index in [0.29, 0.717) is 6.54 Å². The summed E-state index contributed by atoms with van der Waals surface area (Å²) in [6.45, 7) is 8.83. The number of likely N-dealkylation sites (tertiary alicyclic amines) is 1. The Morgan fingerprint density at radius 3 is 2.65 bits per heavy atom. The number of carbonyl (C=O) groups is 1. The highest BCUT2D eigenvalue weighted by Crippen LogP contribution is 2.15. The number of nitrogens with two attached hydrogens (primary N) is 1. The molecule has 1 aliphatic rings. The maximum atomic E-state index is 11.7. The molecule has 1 fully saturated rings. The van der Waals surface area contributed by atoms with Crippen molar-refractivity contribution in [2.24, 2.45) is 17.6 Å². The van der Waals surface area contributed by atoms with E-state index in [1.807, 2.05) is 6.92 Å². The average Bonchev–Trinajstić information content (AvgIpc) is 2.33. The predicted molar refractivity (Wildman–Crippen MR) is 70.7 cm³/mol. The fraction of sp³-hybridized carbons (Fsp3) is 0.923.